The van der Waals surface area contributed by atoms with Crippen molar-refractivity contribution in [3.05, 3.63) is 35.1 Å². The number of halogens is 1. The smallest absolute Gasteiger partial charge is 0.255 e. The predicted octanol–water partition coefficient (Wildman–Crippen LogP) is 2.83. The fourth-order valence-electron chi connectivity index (χ4n) is 2.34. The molecule has 2 aromatic rings. The van der Waals surface area contributed by atoms with Crippen LogP contribution in [0.1, 0.15) is 31.1 Å². The summed E-state index contributed by atoms with van der Waals surface area (Å²) in [5.41, 5.74) is 0.468. The summed E-state index contributed by atoms with van der Waals surface area (Å²) >= 11 is 6.47. The molecule has 23 heavy (non-hydrogen) atoms. The fraction of sp³-hybridized carbons (Fsp3) is 0.375. The van der Waals surface area contributed by atoms with Crippen LogP contribution in [-0.4, -0.2) is 34.4 Å². The lowest BCUT2D eigenvalue weighted by Gasteiger charge is -2.25. The van der Waals surface area contributed by atoms with E-state index in [9.17, 15) is 4.79 Å². The lowest BCUT2D eigenvalue weighted by Crippen LogP contribution is -2.41. The first kappa shape index (κ1) is 15.7. The molecule has 6 nitrogen and oxygen atoms in total. The van der Waals surface area contributed by atoms with Crippen LogP contribution < -0.4 is 14.8 Å². The summed E-state index contributed by atoms with van der Waals surface area (Å²) < 4.78 is 12.8. The molecule has 0 atom stereocenters. The molecule has 0 fully saturated rings. The zero-order chi connectivity index (χ0) is 16.6. The Bertz CT molecular complexity index is 736. The number of nitrogens with one attached hydrogen (secondary N) is 1. The Morgan fingerprint density at radius 1 is 1.35 bits per heavy atom. The zero-order valence-corrected chi connectivity index (χ0v) is 14.0. The number of nitrogens with zero attached hydrogens (tertiary/aromatic N) is 2. The number of amides is 1. The molecule has 0 bridgehead atoms. The molecule has 1 aliphatic rings. The van der Waals surface area contributed by atoms with E-state index < -0.39 is 5.54 Å². The SMILES string of the molecule is CC(C)(C)NC(=O)c1c(-n2cccn2)cc2c(c1Cl)OCCO2. The third-order valence-electron chi connectivity index (χ3n) is 3.22. The van der Waals surface area contributed by atoms with Crippen LogP contribution in [0, 0.1) is 0 Å². The molecule has 0 saturated carbocycles. The Morgan fingerprint density at radius 3 is 2.74 bits per heavy atom. The zero-order valence-electron chi connectivity index (χ0n) is 13.2. The van der Waals surface area contributed by atoms with Crippen LogP contribution in [0.3, 0.4) is 0 Å². The van der Waals surface area contributed by atoms with Gasteiger partial charge in [-0.3, -0.25) is 4.79 Å². The number of hydrogen-bond donors (Lipinski definition) is 1. The number of fused-ring (bicyclic) bond motifs is 1. The molecule has 1 aromatic carbocycles. The van der Waals surface area contributed by atoms with Crippen molar-refractivity contribution >= 4 is 17.5 Å². The molecule has 7 heteroatoms. The second-order valence-electron chi connectivity index (χ2n) is 6.26. The molecule has 122 valence electrons. The number of benzene rings is 1. The molecule has 3 rings (SSSR count). The average Bonchev–Trinajstić information content (AvgIpc) is 2.99. The number of ether oxygens (including phenoxy) is 2. The third kappa shape index (κ3) is 3.12. The Balaban J connectivity index is 2.17. The van der Waals surface area contributed by atoms with Crippen LogP contribution in [0.4, 0.5) is 0 Å². The minimum atomic E-state index is -0.394. The van der Waals surface area contributed by atoms with E-state index in [1.165, 1.54) is 0 Å². The van der Waals surface area contributed by atoms with Crippen LogP contribution in [0.15, 0.2) is 24.5 Å². The van der Waals surface area contributed by atoms with E-state index >= 15 is 0 Å². The van der Waals surface area contributed by atoms with Crippen molar-refractivity contribution in [1.82, 2.24) is 15.1 Å². The maximum atomic E-state index is 12.7. The summed E-state index contributed by atoms with van der Waals surface area (Å²) in [6, 6.07) is 3.50. The van der Waals surface area contributed by atoms with Crippen molar-refractivity contribution in [2.75, 3.05) is 13.2 Å². The number of carbonyl (C=O) groups excluding carboxylic acids is 1. The summed E-state index contributed by atoms with van der Waals surface area (Å²) in [5.74, 6) is 0.622. The van der Waals surface area contributed by atoms with E-state index in [-0.39, 0.29) is 10.9 Å². The minimum Gasteiger partial charge on any atom is -0.486 e. The monoisotopic (exact) mass is 335 g/mol. The van der Waals surface area contributed by atoms with Gasteiger partial charge in [0.15, 0.2) is 11.5 Å². The van der Waals surface area contributed by atoms with Gasteiger partial charge in [0.05, 0.1) is 11.3 Å². The van der Waals surface area contributed by atoms with E-state index in [1.54, 1.807) is 29.2 Å². The molecule has 0 aliphatic carbocycles. The minimum absolute atomic E-state index is 0.231. The highest BCUT2D eigenvalue weighted by molar-refractivity contribution is 6.36. The Kier molecular flexibility index (Phi) is 3.93. The van der Waals surface area contributed by atoms with Gasteiger partial charge in [-0.1, -0.05) is 11.6 Å². The quantitative estimate of drug-likeness (QED) is 0.916. The highest BCUT2D eigenvalue weighted by Gasteiger charge is 2.28. The predicted molar refractivity (Wildman–Crippen MR) is 86.8 cm³/mol. The first-order chi connectivity index (χ1) is 10.9. The van der Waals surface area contributed by atoms with Crippen LogP contribution in [0.5, 0.6) is 11.5 Å². The highest BCUT2D eigenvalue weighted by atomic mass is 35.5. The van der Waals surface area contributed by atoms with Gasteiger partial charge < -0.3 is 14.8 Å². The van der Waals surface area contributed by atoms with E-state index in [0.717, 1.165) is 0 Å². The summed E-state index contributed by atoms with van der Waals surface area (Å²) in [7, 11) is 0. The molecule has 0 spiro atoms. The van der Waals surface area contributed by atoms with Crippen LogP contribution in [-0.2, 0) is 0 Å². The number of carbonyl (C=O) groups is 1. The molecule has 1 N–H and O–H groups in total. The molecule has 2 heterocycles. The molecule has 1 amide bonds. The summed E-state index contributed by atoms with van der Waals surface area (Å²) in [5, 5.41) is 7.35. The Hall–Kier alpha value is -2.21. The molecular weight excluding hydrogens is 318 g/mol. The number of aromatic nitrogens is 2. The topological polar surface area (TPSA) is 65.4 Å². The van der Waals surface area contributed by atoms with Crippen molar-refractivity contribution in [3.8, 4) is 17.2 Å². The molecule has 1 aliphatic heterocycles. The molecule has 0 unspecified atom stereocenters. The molecular formula is C16H18ClN3O3. The van der Waals surface area contributed by atoms with Gasteiger partial charge in [-0.2, -0.15) is 5.10 Å². The van der Waals surface area contributed by atoms with Crippen molar-refractivity contribution in [3.63, 3.8) is 0 Å². The molecule has 1 aromatic heterocycles. The van der Waals surface area contributed by atoms with Gasteiger partial charge in [0.25, 0.3) is 5.91 Å². The maximum Gasteiger partial charge on any atom is 0.255 e. The van der Waals surface area contributed by atoms with Gasteiger partial charge in [-0.15, -0.1) is 0 Å². The maximum absolute atomic E-state index is 12.7. The van der Waals surface area contributed by atoms with E-state index in [1.807, 2.05) is 20.8 Å². The summed E-state index contributed by atoms with van der Waals surface area (Å²) in [6.07, 6.45) is 3.38. The van der Waals surface area contributed by atoms with Gasteiger partial charge >= 0.3 is 0 Å². The normalized spacial score (nSPS) is 13.7. The first-order valence-electron chi connectivity index (χ1n) is 7.31. The lowest BCUT2D eigenvalue weighted by molar-refractivity contribution is 0.0918. The number of hydrogen-bond acceptors (Lipinski definition) is 4. The van der Waals surface area contributed by atoms with Crippen molar-refractivity contribution in [2.45, 2.75) is 26.3 Å². The lowest BCUT2D eigenvalue weighted by atomic mass is 10.1. The Labute approximate surface area is 139 Å². The van der Waals surface area contributed by atoms with Gasteiger partial charge in [-0.05, 0) is 26.8 Å². The molecule has 0 radical (unpaired) electrons. The van der Waals surface area contributed by atoms with Crippen molar-refractivity contribution < 1.29 is 14.3 Å². The van der Waals surface area contributed by atoms with Gasteiger partial charge in [0.1, 0.15) is 18.2 Å². The largest absolute Gasteiger partial charge is 0.486 e. The average molecular weight is 336 g/mol. The standard InChI is InChI=1S/C16H18ClN3O3/c1-16(2,3)19-15(21)12-10(20-6-4-5-18-20)9-11-14(13(12)17)23-8-7-22-11/h4-6,9H,7-8H2,1-3H3,(H,19,21). The number of rotatable bonds is 2. The highest BCUT2D eigenvalue weighted by Crippen LogP contribution is 2.42. The fourth-order valence-corrected chi connectivity index (χ4v) is 2.67. The second-order valence-corrected chi connectivity index (χ2v) is 6.64. The van der Waals surface area contributed by atoms with E-state index in [4.69, 9.17) is 21.1 Å². The summed E-state index contributed by atoms with van der Waals surface area (Å²) in [6.45, 7) is 6.56. The van der Waals surface area contributed by atoms with E-state index in [0.29, 0.717) is 36.0 Å². The molecule has 0 saturated heterocycles. The second kappa shape index (κ2) is 5.77. The van der Waals surface area contributed by atoms with Crippen LogP contribution >= 0.6 is 11.6 Å². The Morgan fingerprint density at radius 2 is 2.09 bits per heavy atom. The third-order valence-corrected chi connectivity index (χ3v) is 3.58. The first-order valence-corrected chi connectivity index (χ1v) is 7.69. The van der Waals surface area contributed by atoms with Gasteiger partial charge in [0.2, 0.25) is 0 Å². The van der Waals surface area contributed by atoms with Crippen molar-refractivity contribution in [2.24, 2.45) is 0 Å². The van der Waals surface area contributed by atoms with Gasteiger partial charge in [-0.25, -0.2) is 4.68 Å². The summed E-state index contributed by atoms with van der Waals surface area (Å²) in [4.78, 5) is 12.7. The van der Waals surface area contributed by atoms with Crippen LogP contribution in [0.2, 0.25) is 5.02 Å². The van der Waals surface area contributed by atoms with Crippen molar-refractivity contribution in [1.29, 1.82) is 0 Å². The van der Waals surface area contributed by atoms with Crippen LogP contribution in [0.25, 0.3) is 5.69 Å². The van der Waals surface area contributed by atoms with Gasteiger partial charge in [0, 0.05) is 24.0 Å². The van der Waals surface area contributed by atoms with E-state index in [2.05, 4.69) is 10.4 Å².